The van der Waals surface area contributed by atoms with Crippen molar-refractivity contribution in [3.8, 4) is 17.3 Å². The van der Waals surface area contributed by atoms with Gasteiger partial charge in [-0.1, -0.05) is 18.2 Å². The lowest BCUT2D eigenvalue weighted by molar-refractivity contribution is 0.398. The second-order valence-electron chi connectivity index (χ2n) is 5.86. The van der Waals surface area contributed by atoms with Crippen LogP contribution in [0.2, 0.25) is 0 Å². The Bertz CT molecular complexity index is 1090. The van der Waals surface area contributed by atoms with Crippen LogP contribution >= 0.6 is 0 Å². The average Bonchev–Trinajstić information content (AvgIpc) is 2.67. The van der Waals surface area contributed by atoms with Crippen LogP contribution in [0.15, 0.2) is 48.7 Å². The van der Waals surface area contributed by atoms with Gasteiger partial charge in [0.15, 0.2) is 5.82 Å². The highest BCUT2D eigenvalue weighted by Crippen LogP contribution is 2.30. The molecule has 0 aliphatic rings. The first-order chi connectivity index (χ1) is 13.1. The van der Waals surface area contributed by atoms with Crippen LogP contribution in [0.3, 0.4) is 0 Å². The molecule has 27 heavy (non-hydrogen) atoms. The smallest absolute Gasteiger partial charge is 0.223 e. The van der Waals surface area contributed by atoms with E-state index in [4.69, 9.17) is 15.5 Å². The zero-order valence-corrected chi connectivity index (χ0v) is 14.8. The van der Waals surface area contributed by atoms with Crippen molar-refractivity contribution in [2.24, 2.45) is 0 Å². The summed E-state index contributed by atoms with van der Waals surface area (Å²) in [4.78, 5) is 21.7. The van der Waals surface area contributed by atoms with Crippen LogP contribution in [0.5, 0.6) is 5.88 Å². The van der Waals surface area contributed by atoms with E-state index in [0.717, 1.165) is 22.2 Å². The minimum atomic E-state index is 0.169. The number of fused-ring (bicyclic) bond motifs is 1. The van der Waals surface area contributed by atoms with Crippen molar-refractivity contribution in [3.05, 3.63) is 54.5 Å². The highest BCUT2D eigenvalue weighted by molar-refractivity contribution is 5.89. The molecule has 1 aromatic carbocycles. The van der Waals surface area contributed by atoms with Crippen LogP contribution in [0.25, 0.3) is 22.3 Å². The molecule has 4 rings (SSSR count). The van der Waals surface area contributed by atoms with E-state index in [2.05, 4.69) is 25.3 Å². The van der Waals surface area contributed by atoms with Gasteiger partial charge in [0.2, 0.25) is 11.8 Å². The van der Waals surface area contributed by atoms with Gasteiger partial charge in [-0.3, -0.25) is 0 Å². The number of anilines is 3. The number of aryl methyl sites for hydroxylation is 1. The molecule has 0 saturated carbocycles. The highest BCUT2D eigenvalue weighted by atomic mass is 16.5. The van der Waals surface area contributed by atoms with Crippen molar-refractivity contribution < 1.29 is 4.74 Å². The van der Waals surface area contributed by atoms with Crippen molar-refractivity contribution >= 4 is 28.4 Å². The zero-order valence-electron chi connectivity index (χ0n) is 14.8. The van der Waals surface area contributed by atoms with Gasteiger partial charge in [0.05, 0.1) is 30.1 Å². The Morgan fingerprint density at radius 2 is 1.85 bits per heavy atom. The number of aromatic nitrogens is 5. The third kappa shape index (κ3) is 3.45. The van der Waals surface area contributed by atoms with Crippen LogP contribution in [0, 0.1) is 6.92 Å². The monoisotopic (exact) mass is 359 g/mol. The number of nitrogens with zero attached hydrogens (tertiary/aromatic N) is 5. The molecule has 8 heteroatoms. The number of pyridine rings is 2. The molecule has 3 N–H and O–H groups in total. The molecule has 4 aromatic rings. The Balaban J connectivity index is 1.85. The third-order valence-corrected chi connectivity index (χ3v) is 3.94. The molecule has 8 nitrogen and oxygen atoms in total. The summed E-state index contributed by atoms with van der Waals surface area (Å²) in [6.07, 6.45) is 1.67. The number of nitrogens with one attached hydrogen (secondary N) is 1. The number of para-hydroxylation sites is 1. The van der Waals surface area contributed by atoms with Gasteiger partial charge >= 0.3 is 0 Å². The van der Waals surface area contributed by atoms with E-state index in [-0.39, 0.29) is 5.95 Å². The minimum absolute atomic E-state index is 0.169. The van der Waals surface area contributed by atoms with Crippen molar-refractivity contribution in [1.29, 1.82) is 0 Å². The van der Waals surface area contributed by atoms with Crippen LogP contribution in [-0.4, -0.2) is 32.0 Å². The molecular formula is C19H17N7O. The van der Waals surface area contributed by atoms with Crippen LogP contribution in [0.1, 0.15) is 5.82 Å². The molecule has 0 atom stereocenters. The predicted molar refractivity (Wildman–Crippen MR) is 104 cm³/mol. The van der Waals surface area contributed by atoms with Gasteiger partial charge in [-0.25, -0.2) is 15.0 Å². The molecule has 0 aliphatic carbocycles. The van der Waals surface area contributed by atoms with Gasteiger partial charge in [-0.2, -0.15) is 9.97 Å². The molecule has 3 aromatic heterocycles. The summed E-state index contributed by atoms with van der Waals surface area (Å²) in [5, 5.41) is 4.26. The van der Waals surface area contributed by atoms with Crippen molar-refractivity contribution in [2.45, 2.75) is 6.92 Å². The van der Waals surface area contributed by atoms with Gasteiger partial charge in [0.1, 0.15) is 11.6 Å². The molecule has 0 aliphatic heterocycles. The van der Waals surface area contributed by atoms with Crippen molar-refractivity contribution in [2.75, 3.05) is 18.2 Å². The van der Waals surface area contributed by atoms with Crippen molar-refractivity contribution in [3.63, 3.8) is 0 Å². The molecule has 0 bridgehead atoms. The van der Waals surface area contributed by atoms with Gasteiger partial charge in [0, 0.05) is 11.5 Å². The van der Waals surface area contributed by atoms with Gasteiger partial charge in [0.25, 0.3) is 0 Å². The van der Waals surface area contributed by atoms with E-state index in [1.54, 1.807) is 26.3 Å². The Kier molecular flexibility index (Phi) is 4.21. The summed E-state index contributed by atoms with van der Waals surface area (Å²) in [6, 6.07) is 13.5. The van der Waals surface area contributed by atoms with Crippen LogP contribution in [0.4, 0.5) is 17.5 Å². The third-order valence-electron chi connectivity index (χ3n) is 3.94. The number of hydrogen-bond donors (Lipinski definition) is 2. The van der Waals surface area contributed by atoms with Crippen LogP contribution < -0.4 is 15.8 Å². The maximum Gasteiger partial charge on any atom is 0.223 e. The Morgan fingerprint density at radius 3 is 2.59 bits per heavy atom. The average molecular weight is 359 g/mol. The summed E-state index contributed by atoms with van der Waals surface area (Å²) in [6.45, 7) is 1.77. The van der Waals surface area contributed by atoms with Crippen LogP contribution in [-0.2, 0) is 0 Å². The summed E-state index contributed by atoms with van der Waals surface area (Å²) in [7, 11) is 1.58. The van der Waals surface area contributed by atoms with E-state index < -0.39 is 0 Å². The minimum Gasteiger partial charge on any atom is -0.481 e. The lowest BCUT2D eigenvalue weighted by Crippen LogP contribution is -2.05. The van der Waals surface area contributed by atoms with E-state index in [1.807, 2.05) is 36.4 Å². The number of nitrogens with two attached hydrogens (primary N) is 1. The largest absolute Gasteiger partial charge is 0.481 e. The second-order valence-corrected chi connectivity index (χ2v) is 5.86. The van der Waals surface area contributed by atoms with Gasteiger partial charge < -0.3 is 15.8 Å². The molecule has 0 fully saturated rings. The second kappa shape index (κ2) is 6.83. The molecule has 0 radical (unpaired) electrons. The maximum absolute atomic E-state index is 5.82. The van der Waals surface area contributed by atoms with Gasteiger partial charge in [-0.05, 0) is 25.1 Å². The fourth-order valence-corrected chi connectivity index (χ4v) is 2.72. The number of methoxy groups -OCH3 is 1. The first kappa shape index (κ1) is 16.6. The first-order valence-corrected chi connectivity index (χ1v) is 8.28. The molecule has 0 unspecified atom stereocenters. The lowest BCUT2D eigenvalue weighted by Gasteiger charge is -2.12. The maximum atomic E-state index is 5.82. The molecule has 0 amide bonds. The summed E-state index contributed by atoms with van der Waals surface area (Å²) in [5.74, 6) is 2.31. The molecule has 3 heterocycles. The lowest BCUT2D eigenvalue weighted by atomic mass is 10.1. The summed E-state index contributed by atoms with van der Waals surface area (Å²) < 4.78 is 5.10. The number of ether oxygens (including phenoxy) is 1. The fraction of sp³-hybridized carbons (Fsp3) is 0.105. The Labute approximate surface area is 155 Å². The van der Waals surface area contributed by atoms with Gasteiger partial charge in [-0.15, -0.1) is 0 Å². The highest BCUT2D eigenvalue weighted by Gasteiger charge is 2.14. The predicted octanol–water partition coefficient (Wildman–Crippen LogP) is 3.12. The number of hydrogen-bond acceptors (Lipinski definition) is 8. The van der Waals surface area contributed by atoms with E-state index in [0.29, 0.717) is 23.3 Å². The topological polar surface area (TPSA) is 112 Å². The quantitative estimate of drug-likeness (QED) is 0.571. The fourth-order valence-electron chi connectivity index (χ4n) is 2.72. The first-order valence-electron chi connectivity index (χ1n) is 8.28. The normalized spacial score (nSPS) is 10.7. The molecular weight excluding hydrogens is 342 g/mol. The Morgan fingerprint density at radius 1 is 1.00 bits per heavy atom. The van der Waals surface area contributed by atoms with Crippen molar-refractivity contribution in [1.82, 2.24) is 24.9 Å². The number of rotatable bonds is 4. The molecule has 0 saturated heterocycles. The van der Waals surface area contributed by atoms with E-state index in [9.17, 15) is 0 Å². The summed E-state index contributed by atoms with van der Waals surface area (Å²) >= 11 is 0. The molecule has 134 valence electrons. The SMILES string of the molecule is COc1ccc(Nc2nc3ccccc3cc2-c2nc(C)nc(N)n2)cn1. The Hall–Kier alpha value is -3.81. The number of nitrogen functional groups attached to an aromatic ring is 1. The molecule has 0 spiro atoms. The zero-order chi connectivity index (χ0) is 18.8. The standard InChI is InChI=1S/C19H17N7O/c1-11-22-17(26-19(20)23-11)14-9-12-5-3-4-6-15(12)25-18(14)24-13-7-8-16(27-2)21-10-13/h3-10H,1-2H3,(H,24,25)(H2,20,22,23,26). The van der Waals surface area contributed by atoms with E-state index >= 15 is 0 Å². The summed E-state index contributed by atoms with van der Waals surface area (Å²) in [5.41, 5.74) is 8.15. The number of benzene rings is 1. The van der Waals surface area contributed by atoms with E-state index in [1.165, 1.54) is 0 Å².